The number of rotatable bonds is 3. The topological polar surface area (TPSA) is 59.1 Å². The molecule has 0 fully saturated rings. The maximum absolute atomic E-state index is 12.2. The van der Waals surface area contributed by atoms with Gasteiger partial charge in [0.05, 0.1) is 11.9 Å². The van der Waals surface area contributed by atoms with Gasteiger partial charge in [-0.25, -0.2) is 13.4 Å². The molecule has 0 amide bonds. The zero-order chi connectivity index (χ0) is 14.0. The highest BCUT2D eigenvalue weighted by molar-refractivity contribution is 9.10. The van der Waals surface area contributed by atoms with Gasteiger partial charge in [-0.05, 0) is 62.5 Å². The average molecular weight is 406 g/mol. The van der Waals surface area contributed by atoms with E-state index in [0.29, 0.717) is 14.8 Å². The number of aryl methyl sites for hydroxylation is 1. The van der Waals surface area contributed by atoms with Crippen molar-refractivity contribution in [2.45, 2.75) is 11.8 Å². The summed E-state index contributed by atoms with van der Waals surface area (Å²) in [6.07, 6.45) is 1.46. The van der Waals surface area contributed by atoms with Crippen LogP contribution in [0.4, 0.5) is 5.69 Å². The first-order valence-electron chi connectivity index (χ1n) is 5.29. The normalized spacial score (nSPS) is 11.3. The fourth-order valence-corrected chi connectivity index (χ4v) is 3.74. The van der Waals surface area contributed by atoms with Gasteiger partial charge in [0.1, 0.15) is 9.50 Å². The van der Waals surface area contributed by atoms with Crippen LogP contribution < -0.4 is 4.72 Å². The zero-order valence-corrected chi connectivity index (χ0v) is 13.9. The molecule has 0 aliphatic carbocycles. The number of nitrogens with zero attached hydrogens (tertiary/aromatic N) is 1. The monoisotopic (exact) mass is 404 g/mol. The van der Waals surface area contributed by atoms with Crippen molar-refractivity contribution in [3.63, 3.8) is 0 Å². The van der Waals surface area contributed by atoms with E-state index in [9.17, 15) is 8.42 Å². The molecule has 0 atom stereocenters. The van der Waals surface area contributed by atoms with Crippen molar-refractivity contribution in [2.24, 2.45) is 0 Å². The van der Waals surface area contributed by atoms with Crippen LogP contribution >= 0.6 is 31.9 Å². The quantitative estimate of drug-likeness (QED) is 0.791. The molecule has 1 aromatic carbocycles. The summed E-state index contributed by atoms with van der Waals surface area (Å²) in [4.78, 5) is 4.25. The fraction of sp³-hybridized carbons (Fsp3) is 0.0833. The van der Waals surface area contributed by atoms with E-state index < -0.39 is 10.0 Å². The smallest absolute Gasteiger partial charge is 0.263 e. The van der Waals surface area contributed by atoms with Crippen LogP contribution in [0.1, 0.15) is 5.56 Å². The lowest BCUT2D eigenvalue weighted by atomic mass is 10.3. The Bertz CT molecular complexity index is 717. The van der Waals surface area contributed by atoms with Gasteiger partial charge in [0.2, 0.25) is 0 Å². The lowest BCUT2D eigenvalue weighted by molar-refractivity contribution is 0.600. The van der Waals surface area contributed by atoms with Gasteiger partial charge in [0, 0.05) is 4.47 Å². The molecule has 0 saturated carbocycles. The van der Waals surface area contributed by atoms with Crippen molar-refractivity contribution in [3.05, 3.63) is 51.2 Å². The molecule has 19 heavy (non-hydrogen) atoms. The van der Waals surface area contributed by atoms with Crippen LogP contribution in [0.2, 0.25) is 0 Å². The molecule has 0 radical (unpaired) electrons. The molecule has 1 aromatic heterocycles. The van der Waals surface area contributed by atoms with Crippen molar-refractivity contribution < 1.29 is 8.42 Å². The number of hydrogen-bond donors (Lipinski definition) is 1. The van der Waals surface area contributed by atoms with Crippen LogP contribution in [0.15, 0.2) is 50.5 Å². The summed E-state index contributed by atoms with van der Waals surface area (Å²) in [6, 6.07) is 8.36. The number of hydrogen-bond acceptors (Lipinski definition) is 3. The van der Waals surface area contributed by atoms with Crippen LogP contribution in [0.3, 0.4) is 0 Å². The van der Waals surface area contributed by atoms with Crippen molar-refractivity contribution in [1.82, 2.24) is 4.98 Å². The van der Waals surface area contributed by atoms with E-state index in [4.69, 9.17) is 0 Å². The summed E-state index contributed by atoms with van der Waals surface area (Å²) in [5.41, 5.74) is 1.28. The molecule has 1 heterocycles. The minimum Gasteiger partial charge on any atom is -0.278 e. The highest BCUT2D eigenvalue weighted by atomic mass is 79.9. The van der Waals surface area contributed by atoms with Crippen molar-refractivity contribution in [3.8, 4) is 0 Å². The Balaban J connectivity index is 2.37. The van der Waals surface area contributed by atoms with E-state index in [1.807, 2.05) is 6.92 Å². The van der Waals surface area contributed by atoms with E-state index in [1.165, 1.54) is 12.3 Å². The molecule has 7 heteroatoms. The van der Waals surface area contributed by atoms with Crippen LogP contribution in [0.25, 0.3) is 0 Å². The standard InChI is InChI=1S/C12H10Br2N2O2S/c1-8-6-9(7-15-12(8)14)16-19(17,18)11-5-3-2-4-10(11)13/h2-7,16H,1H3. The Morgan fingerprint density at radius 2 is 1.89 bits per heavy atom. The lowest BCUT2D eigenvalue weighted by Crippen LogP contribution is -2.13. The SMILES string of the molecule is Cc1cc(NS(=O)(=O)c2ccccc2Br)cnc1Br. The molecule has 0 saturated heterocycles. The molecule has 2 rings (SSSR count). The summed E-state index contributed by atoms with van der Waals surface area (Å²) in [7, 11) is -3.63. The molecular formula is C12H10Br2N2O2S. The predicted molar refractivity (Wildman–Crippen MR) is 81.6 cm³/mol. The summed E-state index contributed by atoms with van der Waals surface area (Å²) in [6.45, 7) is 1.84. The predicted octanol–water partition coefficient (Wildman–Crippen LogP) is 3.72. The van der Waals surface area contributed by atoms with Crippen molar-refractivity contribution in [1.29, 1.82) is 0 Å². The van der Waals surface area contributed by atoms with Crippen LogP contribution in [0.5, 0.6) is 0 Å². The summed E-state index contributed by atoms with van der Waals surface area (Å²) >= 11 is 6.50. The second kappa shape index (κ2) is 5.60. The van der Waals surface area contributed by atoms with Crippen LogP contribution in [0, 0.1) is 6.92 Å². The third-order valence-corrected chi connectivity index (χ3v) is 5.62. The largest absolute Gasteiger partial charge is 0.278 e. The fourth-order valence-electron chi connectivity index (χ4n) is 1.49. The molecule has 0 aliphatic heterocycles. The third kappa shape index (κ3) is 3.34. The van der Waals surface area contributed by atoms with E-state index >= 15 is 0 Å². The molecule has 2 aromatic rings. The number of halogens is 2. The average Bonchev–Trinajstić information content (AvgIpc) is 2.34. The summed E-state index contributed by atoms with van der Waals surface area (Å²) in [5.74, 6) is 0. The van der Waals surface area contributed by atoms with Gasteiger partial charge >= 0.3 is 0 Å². The van der Waals surface area contributed by atoms with E-state index in [-0.39, 0.29) is 4.90 Å². The lowest BCUT2D eigenvalue weighted by Gasteiger charge is -2.10. The molecular weight excluding hydrogens is 396 g/mol. The molecule has 0 spiro atoms. The van der Waals surface area contributed by atoms with Crippen molar-refractivity contribution in [2.75, 3.05) is 4.72 Å². The summed E-state index contributed by atoms with van der Waals surface area (Å²) < 4.78 is 28.2. The molecule has 1 N–H and O–H groups in total. The van der Waals surface area contributed by atoms with E-state index in [2.05, 4.69) is 41.6 Å². The first-order chi connectivity index (χ1) is 8.90. The minimum absolute atomic E-state index is 0.190. The molecule has 0 unspecified atom stereocenters. The van der Waals surface area contributed by atoms with Gasteiger partial charge in [-0.15, -0.1) is 0 Å². The maximum Gasteiger partial charge on any atom is 0.263 e. The highest BCUT2D eigenvalue weighted by Gasteiger charge is 2.17. The van der Waals surface area contributed by atoms with Gasteiger partial charge in [-0.3, -0.25) is 4.72 Å². The Morgan fingerprint density at radius 3 is 2.53 bits per heavy atom. The van der Waals surface area contributed by atoms with Gasteiger partial charge in [-0.1, -0.05) is 12.1 Å². The molecule has 4 nitrogen and oxygen atoms in total. The Hall–Kier alpha value is -0.920. The molecule has 0 bridgehead atoms. The van der Waals surface area contributed by atoms with Crippen LogP contribution in [-0.4, -0.2) is 13.4 Å². The van der Waals surface area contributed by atoms with Crippen molar-refractivity contribution >= 4 is 47.6 Å². The van der Waals surface area contributed by atoms with Gasteiger partial charge < -0.3 is 0 Å². The van der Waals surface area contributed by atoms with E-state index in [0.717, 1.165) is 5.56 Å². The second-order valence-corrected chi connectivity index (χ2v) is 7.12. The number of anilines is 1. The minimum atomic E-state index is -3.63. The third-order valence-electron chi connectivity index (χ3n) is 2.39. The first kappa shape index (κ1) is 14.5. The molecule has 100 valence electrons. The van der Waals surface area contributed by atoms with Gasteiger partial charge in [0.15, 0.2) is 0 Å². The number of nitrogens with one attached hydrogen (secondary N) is 1. The molecule has 0 aliphatic rings. The Labute approximate surface area is 128 Å². The maximum atomic E-state index is 12.2. The van der Waals surface area contributed by atoms with Gasteiger partial charge in [0.25, 0.3) is 10.0 Å². The first-order valence-corrected chi connectivity index (χ1v) is 8.36. The summed E-state index contributed by atoms with van der Waals surface area (Å²) in [5, 5.41) is 0. The van der Waals surface area contributed by atoms with E-state index in [1.54, 1.807) is 24.3 Å². The van der Waals surface area contributed by atoms with Gasteiger partial charge in [-0.2, -0.15) is 0 Å². The number of pyridine rings is 1. The zero-order valence-electron chi connectivity index (χ0n) is 9.89. The second-order valence-electron chi connectivity index (χ2n) is 3.87. The number of aromatic nitrogens is 1. The highest BCUT2D eigenvalue weighted by Crippen LogP contribution is 2.24. The number of sulfonamides is 1. The Kier molecular flexibility index (Phi) is 4.27. The van der Waals surface area contributed by atoms with Crippen LogP contribution in [-0.2, 0) is 10.0 Å². The Morgan fingerprint density at radius 1 is 1.21 bits per heavy atom. The number of benzene rings is 1.